The van der Waals surface area contributed by atoms with Crippen LogP contribution in [0.3, 0.4) is 0 Å². The molecule has 0 aliphatic heterocycles. The number of benzene rings is 2. The number of alkyl halides is 3. The number of sulfonamides is 1. The second kappa shape index (κ2) is 10.1. The molecule has 2 rings (SSSR count). The van der Waals surface area contributed by atoms with E-state index in [4.69, 9.17) is 0 Å². The average Bonchev–Trinajstić information content (AvgIpc) is 2.66. The molecule has 0 radical (unpaired) electrons. The fourth-order valence-electron chi connectivity index (χ4n) is 2.33. The highest BCUT2D eigenvalue weighted by molar-refractivity contribution is 7.88. The van der Waals surface area contributed by atoms with E-state index in [1.165, 1.54) is 42.5 Å². The van der Waals surface area contributed by atoms with Gasteiger partial charge in [-0.25, -0.2) is 13.1 Å². The first-order chi connectivity index (χ1) is 14.1. The van der Waals surface area contributed by atoms with E-state index in [1.807, 2.05) is 0 Å². The van der Waals surface area contributed by atoms with Crippen LogP contribution in [0.4, 0.5) is 18.9 Å². The van der Waals surface area contributed by atoms with Gasteiger partial charge in [-0.3, -0.25) is 4.79 Å². The molecule has 0 atom stereocenters. The Balaban J connectivity index is 2.00. The quantitative estimate of drug-likeness (QED) is 0.458. The number of amides is 1. The Bertz CT molecular complexity index is 1020. The molecule has 0 heterocycles. The van der Waals surface area contributed by atoms with Crippen molar-refractivity contribution in [1.29, 1.82) is 0 Å². The molecule has 0 bridgehead atoms. The summed E-state index contributed by atoms with van der Waals surface area (Å²) < 4.78 is 67.2. The second-order valence-corrected chi connectivity index (χ2v) is 7.81. The number of carbonyl (C=O) groups excluding carboxylic acids is 1. The number of anilines is 1. The zero-order valence-electron chi connectivity index (χ0n) is 15.6. The van der Waals surface area contributed by atoms with Gasteiger partial charge in [-0.1, -0.05) is 36.4 Å². The van der Waals surface area contributed by atoms with Crippen LogP contribution in [0.25, 0.3) is 6.08 Å². The zero-order chi connectivity index (χ0) is 22.2. The molecule has 2 aromatic carbocycles. The van der Waals surface area contributed by atoms with Crippen molar-refractivity contribution in [3.8, 4) is 5.75 Å². The number of hydrogen-bond acceptors (Lipinski definition) is 4. The molecule has 0 fully saturated rings. The summed E-state index contributed by atoms with van der Waals surface area (Å²) in [5, 5.41) is 2.54. The van der Waals surface area contributed by atoms with Crippen molar-refractivity contribution in [2.24, 2.45) is 0 Å². The smallest absolute Gasteiger partial charge is 0.405 e. The molecule has 2 N–H and O–H groups in total. The molecule has 30 heavy (non-hydrogen) atoms. The van der Waals surface area contributed by atoms with E-state index >= 15 is 0 Å². The van der Waals surface area contributed by atoms with Gasteiger partial charge in [-0.2, -0.15) is 0 Å². The molecule has 0 aliphatic rings. The summed E-state index contributed by atoms with van der Waals surface area (Å²) in [6.45, 7) is 3.56. The SMILES string of the molecule is C=CCNS(=O)(=O)Cc1ccc(NC(=O)/C=C/c2ccccc2OC(F)(F)F)cc1. The Labute approximate surface area is 172 Å². The fourth-order valence-corrected chi connectivity index (χ4v) is 3.43. The summed E-state index contributed by atoms with van der Waals surface area (Å²) >= 11 is 0. The maximum Gasteiger partial charge on any atom is 0.573 e. The van der Waals surface area contributed by atoms with Crippen molar-refractivity contribution in [1.82, 2.24) is 4.72 Å². The van der Waals surface area contributed by atoms with Crippen LogP contribution in [-0.4, -0.2) is 27.2 Å². The molecular weight excluding hydrogens is 421 g/mol. The van der Waals surface area contributed by atoms with Crippen LogP contribution >= 0.6 is 0 Å². The van der Waals surface area contributed by atoms with Crippen LogP contribution in [-0.2, 0) is 20.6 Å². The highest BCUT2D eigenvalue weighted by atomic mass is 32.2. The molecule has 0 unspecified atom stereocenters. The summed E-state index contributed by atoms with van der Waals surface area (Å²) in [7, 11) is -3.50. The fraction of sp³-hybridized carbons (Fsp3) is 0.150. The Morgan fingerprint density at radius 2 is 1.77 bits per heavy atom. The number of nitrogens with one attached hydrogen (secondary N) is 2. The third-order valence-electron chi connectivity index (χ3n) is 3.58. The minimum Gasteiger partial charge on any atom is -0.405 e. The molecule has 0 saturated carbocycles. The van der Waals surface area contributed by atoms with Crippen LogP contribution in [0.5, 0.6) is 5.75 Å². The van der Waals surface area contributed by atoms with Crippen LogP contribution in [0, 0.1) is 0 Å². The van der Waals surface area contributed by atoms with Crippen molar-refractivity contribution >= 4 is 27.7 Å². The van der Waals surface area contributed by atoms with E-state index in [0.717, 1.165) is 12.1 Å². The number of para-hydroxylation sites is 1. The standard InChI is InChI=1S/C20H19F3N2O4S/c1-2-13-24-30(27,28)14-15-7-10-17(11-8-15)25-19(26)12-9-16-5-3-4-6-18(16)29-20(21,22)23/h2-12,24H,1,13-14H2,(H,25,26)/b12-9+. The lowest BCUT2D eigenvalue weighted by Crippen LogP contribution is -2.25. The van der Waals surface area contributed by atoms with Gasteiger partial charge in [-0.05, 0) is 29.8 Å². The van der Waals surface area contributed by atoms with Crippen molar-refractivity contribution in [2.75, 3.05) is 11.9 Å². The van der Waals surface area contributed by atoms with Gasteiger partial charge >= 0.3 is 6.36 Å². The molecule has 6 nitrogen and oxygen atoms in total. The molecule has 0 saturated heterocycles. The van der Waals surface area contributed by atoms with Gasteiger partial charge in [0.15, 0.2) is 0 Å². The highest BCUT2D eigenvalue weighted by Gasteiger charge is 2.31. The summed E-state index contributed by atoms with van der Waals surface area (Å²) in [6.07, 6.45) is -1.15. The van der Waals surface area contributed by atoms with E-state index in [9.17, 15) is 26.4 Å². The topological polar surface area (TPSA) is 84.5 Å². The maximum atomic E-state index is 12.4. The molecule has 0 aliphatic carbocycles. The van der Waals surface area contributed by atoms with Gasteiger partial charge in [0.1, 0.15) is 5.75 Å². The monoisotopic (exact) mass is 440 g/mol. The molecule has 0 aromatic heterocycles. The molecular formula is C20H19F3N2O4S. The van der Waals surface area contributed by atoms with Crippen molar-refractivity contribution in [3.63, 3.8) is 0 Å². The minimum atomic E-state index is -4.84. The first-order valence-corrected chi connectivity index (χ1v) is 10.2. The highest BCUT2D eigenvalue weighted by Crippen LogP contribution is 2.27. The van der Waals surface area contributed by atoms with E-state index in [1.54, 1.807) is 12.1 Å². The van der Waals surface area contributed by atoms with Gasteiger partial charge in [0.2, 0.25) is 15.9 Å². The molecule has 10 heteroatoms. The van der Waals surface area contributed by atoms with Crippen molar-refractivity contribution < 1.29 is 31.1 Å². The number of carbonyl (C=O) groups is 1. The molecule has 1 amide bonds. The van der Waals surface area contributed by atoms with Crippen molar-refractivity contribution in [3.05, 3.63) is 78.4 Å². The first kappa shape index (κ1) is 23.2. The van der Waals surface area contributed by atoms with E-state index in [-0.39, 0.29) is 17.9 Å². The lowest BCUT2D eigenvalue weighted by molar-refractivity contribution is -0.274. The average molecular weight is 440 g/mol. The Kier molecular flexibility index (Phi) is 7.79. The number of rotatable bonds is 9. The van der Waals surface area contributed by atoms with Crippen LogP contribution in [0.1, 0.15) is 11.1 Å². The largest absolute Gasteiger partial charge is 0.573 e. The van der Waals surface area contributed by atoms with Gasteiger partial charge in [-0.15, -0.1) is 19.8 Å². The van der Waals surface area contributed by atoms with Gasteiger partial charge in [0.05, 0.1) is 5.75 Å². The molecule has 160 valence electrons. The number of ether oxygens (including phenoxy) is 1. The third-order valence-corrected chi connectivity index (χ3v) is 4.90. The van der Waals surface area contributed by atoms with E-state index < -0.39 is 28.0 Å². The van der Waals surface area contributed by atoms with Crippen LogP contribution in [0.2, 0.25) is 0 Å². The predicted molar refractivity (Wildman–Crippen MR) is 108 cm³/mol. The van der Waals surface area contributed by atoms with Gasteiger partial charge in [0.25, 0.3) is 0 Å². The van der Waals surface area contributed by atoms with Gasteiger partial charge in [0, 0.05) is 23.9 Å². The minimum absolute atomic E-state index is 0.0811. The summed E-state index contributed by atoms with van der Waals surface area (Å²) in [5.41, 5.74) is 0.987. The lowest BCUT2D eigenvalue weighted by Gasteiger charge is -2.11. The second-order valence-electron chi connectivity index (χ2n) is 6.00. The van der Waals surface area contributed by atoms with Crippen molar-refractivity contribution in [2.45, 2.75) is 12.1 Å². The lowest BCUT2D eigenvalue weighted by atomic mass is 10.2. The summed E-state index contributed by atoms with van der Waals surface area (Å²) in [4.78, 5) is 12.0. The Hall–Kier alpha value is -3.11. The normalized spacial score (nSPS) is 12.0. The van der Waals surface area contributed by atoms with E-state index in [0.29, 0.717) is 11.3 Å². The van der Waals surface area contributed by atoms with Crippen LogP contribution in [0.15, 0.2) is 67.3 Å². The van der Waals surface area contributed by atoms with Gasteiger partial charge < -0.3 is 10.1 Å². The Morgan fingerprint density at radius 1 is 1.10 bits per heavy atom. The maximum absolute atomic E-state index is 12.4. The van der Waals surface area contributed by atoms with E-state index in [2.05, 4.69) is 21.4 Å². The third kappa shape index (κ3) is 8.10. The zero-order valence-corrected chi connectivity index (χ0v) is 16.5. The Morgan fingerprint density at radius 3 is 2.40 bits per heavy atom. The predicted octanol–water partition coefficient (Wildman–Crippen LogP) is 3.84. The number of halogens is 3. The summed E-state index contributed by atoms with van der Waals surface area (Å²) in [5.74, 6) is -1.24. The first-order valence-electron chi connectivity index (χ1n) is 8.59. The molecule has 0 spiro atoms. The van der Waals surface area contributed by atoms with Crippen LogP contribution < -0.4 is 14.8 Å². The number of hydrogen-bond donors (Lipinski definition) is 2. The molecule has 2 aromatic rings. The summed E-state index contributed by atoms with van der Waals surface area (Å²) in [6, 6.07) is 11.5.